The molecule has 1 fully saturated rings. The monoisotopic (exact) mass is 311 g/mol. The largest absolute Gasteiger partial charge is 0.475 e. The Balaban J connectivity index is 1.80. The second-order valence-electron chi connectivity index (χ2n) is 6.79. The van der Waals surface area contributed by atoms with E-state index in [9.17, 15) is 0 Å². The van der Waals surface area contributed by atoms with E-state index < -0.39 is 0 Å². The lowest BCUT2D eigenvalue weighted by molar-refractivity contribution is 0.226. The number of ether oxygens (including phenoxy) is 1. The minimum Gasteiger partial charge on any atom is -0.475 e. The molecule has 0 aromatic carbocycles. The van der Waals surface area contributed by atoms with E-state index in [0.717, 1.165) is 24.7 Å². The van der Waals surface area contributed by atoms with Gasteiger partial charge in [-0.2, -0.15) is 0 Å². The van der Waals surface area contributed by atoms with Crippen LogP contribution >= 0.6 is 11.6 Å². The molecule has 0 amide bonds. The quantitative estimate of drug-likeness (QED) is 0.839. The molecule has 4 nitrogen and oxygen atoms in total. The third kappa shape index (κ3) is 5.81. The average molecular weight is 312 g/mol. The summed E-state index contributed by atoms with van der Waals surface area (Å²) >= 11 is 6.24. The lowest BCUT2D eigenvalue weighted by Gasteiger charge is -2.20. The topological polar surface area (TPSA) is 37.4 Å². The first kappa shape index (κ1) is 16.5. The van der Waals surface area contributed by atoms with E-state index >= 15 is 0 Å². The van der Waals surface area contributed by atoms with Gasteiger partial charge in [0.25, 0.3) is 0 Å². The van der Waals surface area contributed by atoms with Gasteiger partial charge in [-0.1, -0.05) is 11.6 Å². The van der Waals surface area contributed by atoms with Crippen LogP contribution in [-0.4, -0.2) is 41.7 Å². The van der Waals surface area contributed by atoms with Crippen LogP contribution in [0.1, 0.15) is 39.2 Å². The molecule has 0 radical (unpaired) electrons. The standard InChI is InChI=1S/C16H26ClN3O/c1-16(2,3)19-11-12-9-14(17)15(18-10-12)21-8-7-20(4)13-5-6-13/h9-10,13,19H,5-8,11H2,1-4H3. The number of halogens is 1. The van der Waals surface area contributed by atoms with Gasteiger partial charge in [-0.25, -0.2) is 4.98 Å². The number of hydrogen-bond acceptors (Lipinski definition) is 4. The fourth-order valence-electron chi connectivity index (χ4n) is 2.02. The van der Waals surface area contributed by atoms with Crippen molar-refractivity contribution >= 4 is 11.6 Å². The third-order valence-corrected chi connectivity index (χ3v) is 3.81. The van der Waals surface area contributed by atoms with Crippen LogP contribution in [0.15, 0.2) is 12.3 Å². The Kier molecular flexibility index (Phi) is 5.47. The molecule has 0 spiro atoms. The number of nitrogens with one attached hydrogen (secondary N) is 1. The van der Waals surface area contributed by atoms with Gasteiger partial charge >= 0.3 is 0 Å². The van der Waals surface area contributed by atoms with Gasteiger partial charge in [0.2, 0.25) is 5.88 Å². The molecule has 0 bridgehead atoms. The molecule has 1 aliphatic rings. The summed E-state index contributed by atoms with van der Waals surface area (Å²) in [6.45, 7) is 8.69. The molecule has 2 rings (SSSR count). The smallest absolute Gasteiger partial charge is 0.232 e. The summed E-state index contributed by atoms with van der Waals surface area (Å²) in [7, 11) is 2.14. The second kappa shape index (κ2) is 6.95. The number of hydrogen-bond donors (Lipinski definition) is 1. The van der Waals surface area contributed by atoms with E-state index in [4.69, 9.17) is 16.3 Å². The Bertz CT molecular complexity index is 469. The summed E-state index contributed by atoms with van der Waals surface area (Å²) in [6.07, 6.45) is 4.44. The molecule has 1 aliphatic carbocycles. The number of pyridine rings is 1. The fourth-order valence-corrected chi connectivity index (χ4v) is 2.26. The predicted octanol–water partition coefficient (Wildman–Crippen LogP) is 3.10. The summed E-state index contributed by atoms with van der Waals surface area (Å²) in [4.78, 5) is 6.65. The molecule has 0 unspecified atom stereocenters. The minimum absolute atomic E-state index is 0.0784. The highest BCUT2D eigenvalue weighted by Crippen LogP contribution is 2.25. The van der Waals surface area contributed by atoms with Crippen molar-refractivity contribution in [2.24, 2.45) is 0 Å². The van der Waals surface area contributed by atoms with Gasteiger partial charge in [-0.3, -0.25) is 0 Å². The van der Waals surface area contributed by atoms with Crippen LogP contribution in [0, 0.1) is 0 Å². The van der Waals surface area contributed by atoms with Gasteiger partial charge in [-0.15, -0.1) is 0 Å². The van der Waals surface area contributed by atoms with Crippen LogP contribution in [0.2, 0.25) is 5.02 Å². The third-order valence-electron chi connectivity index (χ3n) is 3.54. The fraction of sp³-hybridized carbons (Fsp3) is 0.688. The van der Waals surface area contributed by atoms with Gasteiger partial charge < -0.3 is 15.0 Å². The predicted molar refractivity (Wildman–Crippen MR) is 87.0 cm³/mol. The van der Waals surface area contributed by atoms with Crippen molar-refractivity contribution in [3.8, 4) is 5.88 Å². The normalized spacial score (nSPS) is 15.5. The maximum absolute atomic E-state index is 6.24. The highest BCUT2D eigenvalue weighted by Gasteiger charge is 2.25. The molecule has 5 heteroatoms. The Morgan fingerprint density at radius 2 is 2.14 bits per heavy atom. The molecule has 0 saturated heterocycles. The SMILES string of the molecule is CN(CCOc1ncc(CNC(C)(C)C)cc1Cl)C1CC1. The van der Waals surface area contributed by atoms with E-state index in [-0.39, 0.29) is 5.54 Å². The first-order valence-electron chi connectivity index (χ1n) is 7.57. The van der Waals surface area contributed by atoms with Crippen molar-refractivity contribution in [1.82, 2.24) is 15.2 Å². The minimum atomic E-state index is 0.0784. The highest BCUT2D eigenvalue weighted by molar-refractivity contribution is 6.31. The lowest BCUT2D eigenvalue weighted by Crippen LogP contribution is -2.35. The molecule has 0 aliphatic heterocycles. The molecule has 1 aromatic heterocycles. The summed E-state index contributed by atoms with van der Waals surface area (Å²) in [5, 5.41) is 4.00. The molecule has 118 valence electrons. The van der Waals surface area contributed by atoms with Gasteiger partial charge in [0.15, 0.2) is 0 Å². The van der Waals surface area contributed by atoms with Crippen molar-refractivity contribution in [3.63, 3.8) is 0 Å². The van der Waals surface area contributed by atoms with Crippen molar-refractivity contribution in [1.29, 1.82) is 0 Å². The van der Waals surface area contributed by atoms with Gasteiger partial charge in [-0.05, 0) is 52.3 Å². The van der Waals surface area contributed by atoms with Crippen LogP contribution in [-0.2, 0) is 6.54 Å². The Labute approximate surface area is 132 Å². The highest BCUT2D eigenvalue weighted by atomic mass is 35.5. The van der Waals surface area contributed by atoms with Crippen LogP contribution in [0.3, 0.4) is 0 Å². The van der Waals surface area contributed by atoms with E-state index in [1.54, 1.807) is 0 Å². The van der Waals surface area contributed by atoms with Gasteiger partial charge in [0, 0.05) is 30.9 Å². The van der Waals surface area contributed by atoms with Crippen molar-refractivity contribution in [2.75, 3.05) is 20.2 Å². The van der Waals surface area contributed by atoms with Crippen molar-refractivity contribution < 1.29 is 4.74 Å². The first-order valence-corrected chi connectivity index (χ1v) is 7.95. The molecular weight excluding hydrogens is 286 g/mol. The second-order valence-corrected chi connectivity index (χ2v) is 7.20. The zero-order chi connectivity index (χ0) is 15.5. The Morgan fingerprint density at radius 1 is 1.43 bits per heavy atom. The molecule has 21 heavy (non-hydrogen) atoms. The van der Waals surface area contributed by atoms with Crippen LogP contribution in [0.5, 0.6) is 5.88 Å². The first-order chi connectivity index (χ1) is 9.85. The summed E-state index contributed by atoms with van der Waals surface area (Å²) < 4.78 is 5.68. The lowest BCUT2D eigenvalue weighted by atomic mass is 10.1. The number of aromatic nitrogens is 1. The Hall–Kier alpha value is -0.840. The van der Waals surface area contributed by atoms with E-state index in [2.05, 4.69) is 43.0 Å². The zero-order valence-corrected chi connectivity index (χ0v) is 14.2. The van der Waals surface area contributed by atoms with Gasteiger partial charge in [0.1, 0.15) is 11.6 Å². The summed E-state index contributed by atoms with van der Waals surface area (Å²) in [5.74, 6) is 0.528. The number of likely N-dealkylation sites (N-methyl/N-ethyl adjacent to an activating group) is 1. The van der Waals surface area contributed by atoms with E-state index in [0.29, 0.717) is 17.5 Å². The molecule has 1 heterocycles. The molecule has 0 atom stereocenters. The van der Waals surface area contributed by atoms with Gasteiger partial charge in [0.05, 0.1) is 0 Å². The Morgan fingerprint density at radius 3 is 2.71 bits per heavy atom. The molecule has 1 saturated carbocycles. The maximum atomic E-state index is 6.24. The number of rotatable bonds is 7. The number of nitrogens with zero attached hydrogens (tertiary/aromatic N) is 2. The molecule has 1 N–H and O–H groups in total. The summed E-state index contributed by atoms with van der Waals surface area (Å²) in [5.41, 5.74) is 1.15. The molecule has 1 aromatic rings. The van der Waals surface area contributed by atoms with Crippen LogP contribution in [0.25, 0.3) is 0 Å². The van der Waals surface area contributed by atoms with Crippen LogP contribution in [0.4, 0.5) is 0 Å². The van der Waals surface area contributed by atoms with Crippen LogP contribution < -0.4 is 10.1 Å². The molecular formula is C16H26ClN3O. The zero-order valence-electron chi connectivity index (χ0n) is 13.4. The summed E-state index contributed by atoms with van der Waals surface area (Å²) in [6, 6.07) is 2.68. The maximum Gasteiger partial charge on any atom is 0.232 e. The van der Waals surface area contributed by atoms with Crippen molar-refractivity contribution in [2.45, 2.75) is 51.7 Å². The van der Waals surface area contributed by atoms with E-state index in [1.807, 2.05) is 12.3 Å². The average Bonchev–Trinajstić information content (AvgIpc) is 3.22. The van der Waals surface area contributed by atoms with E-state index in [1.165, 1.54) is 12.8 Å². The van der Waals surface area contributed by atoms with Crippen molar-refractivity contribution in [3.05, 3.63) is 22.8 Å².